The van der Waals surface area contributed by atoms with Gasteiger partial charge >= 0.3 is 0 Å². The van der Waals surface area contributed by atoms with Gasteiger partial charge in [0.05, 0.1) is 6.42 Å². The van der Waals surface area contributed by atoms with Gasteiger partial charge in [-0.15, -0.1) is 0 Å². The number of amides is 2. The number of piperidine rings is 1. The summed E-state index contributed by atoms with van der Waals surface area (Å²) in [6.45, 7) is 1.77. The van der Waals surface area contributed by atoms with Crippen molar-refractivity contribution in [3.05, 3.63) is 65.7 Å². The first-order chi connectivity index (χ1) is 12.7. The third kappa shape index (κ3) is 5.45. The number of aryl methyl sites for hydroxylation is 1. The van der Waals surface area contributed by atoms with Crippen LogP contribution in [0.25, 0.3) is 0 Å². The van der Waals surface area contributed by atoms with E-state index in [1.807, 2.05) is 59.5 Å². The first-order valence-corrected chi connectivity index (χ1v) is 9.41. The average Bonchev–Trinajstić information content (AvgIpc) is 2.69. The highest BCUT2D eigenvalue weighted by Gasteiger charge is 2.16. The summed E-state index contributed by atoms with van der Waals surface area (Å²) in [6.07, 6.45) is 5.07. The molecule has 0 aromatic heterocycles. The second kappa shape index (κ2) is 9.18. The lowest BCUT2D eigenvalue weighted by atomic mass is 10.1. The third-order valence-corrected chi connectivity index (χ3v) is 4.79. The largest absolute Gasteiger partial charge is 0.342 e. The molecule has 0 spiro atoms. The number of hydrogen-bond donors (Lipinski definition) is 1. The van der Waals surface area contributed by atoms with E-state index < -0.39 is 0 Å². The zero-order valence-electron chi connectivity index (χ0n) is 15.1. The van der Waals surface area contributed by atoms with Crippen LogP contribution in [0.1, 0.15) is 36.8 Å². The monoisotopic (exact) mass is 350 g/mol. The van der Waals surface area contributed by atoms with Gasteiger partial charge in [0.1, 0.15) is 0 Å². The molecule has 2 amide bonds. The quantitative estimate of drug-likeness (QED) is 0.861. The molecule has 0 radical (unpaired) electrons. The minimum atomic E-state index is 0.00555. The minimum absolute atomic E-state index is 0.00555. The van der Waals surface area contributed by atoms with E-state index in [0.29, 0.717) is 12.8 Å². The standard InChI is InChI=1S/C22H26N2O2/c25-21(14-11-18-7-3-1-4-8-18)23-20-12-9-19(10-13-20)17-22(26)24-15-5-2-6-16-24/h1,3-4,7-10,12-13H,2,5-6,11,14-17H2,(H,23,25). The van der Waals surface area contributed by atoms with Crippen LogP contribution in [0.5, 0.6) is 0 Å². The molecule has 136 valence electrons. The number of anilines is 1. The summed E-state index contributed by atoms with van der Waals surface area (Å²) in [5, 5.41) is 2.92. The molecule has 2 aromatic rings. The summed E-state index contributed by atoms with van der Waals surface area (Å²) in [5.41, 5.74) is 2.93. The molecule has 0 bridgehead atoms. The van der Waals surface area contributed by atoms with Crippen molar-refractivity contribution in [1.82, 2.24) is 4.90 Å². The average molecular weight is 350 g/mol. The first kappa shape index (κ1) is 18.2. The number of carbonyl (C=O) groups is 2. The Labute approximate surface area is 155 Å². The van der Waals surface area contributed by atoms with E-state index >= 15 is 0 Å². The maximum Gasteiger partial charge on any atom is 0.226 e. The maximum absolute atomic E-state index is 12.3. The van der Waals surface area contributed by atoms with Crippen molar-refractivity contribution in [3.63, 3.8) is 0 Å². The fraction of sp³-hybridized carbons (Fsp3) is 0.364. The number of nitrogens with one attached hydrogen (secondary N) is 1. The summed E-state index contributed by atoms with van der Waals surface area (Å²) < 4.78 is 0. The van der Waals surface area contributed by atoms with Crippen LogP contribution >= 0.6 is 0 Å². The maximum atomic E-state index is 12.3. The lowest BCUT2D eigenvalue weighted by molar-refractivity contribution is -0.131. The van der Waals surface area contributed by atoms with Crippen LogP contribution in [0.15, 0.2) is 54.6 Å². The van der Waals surface area contributed by atoms with Gasteiger partial charge in [-0.2, -0.15) is 0 Å². The fourth-order valence-corrected chi connectivity index (χ4v) is 3.26. The predicted octanol–water partition coefficient (Wildman–Crippen LogP) is 3.81. The SMILES string of the molecule is O=C(CCc1ccccc1)Nc1ccc(CC(=O)N2CCCCC2)cc1. The Hall–Kier alpha value is -2.62. The van der Waals surface area contributed by atoms with Gasteiger partial charge in [0.15, 0.2) is 0 Å². The normalized spacial score (nSPS) is 14.1. The van der Waals surface area contributed by atoms with Crippen molar-refractivity contribution in [1.29, 1.82) is 0 Å². The Kier molecular flexibility index (Phi) is 6.42. The predicted molar refractivity (Wildman–Crippen MR) is 104 cm³/mol. The van der Waals surface area contributed by atoms with Crippen LogP contribution in [0.2, 0.25) is 0 Å². The lowest BCUT2D eigenvalue weighted by Crippen LogP contribution is -2.36. The van der Waals surface area contributed by atoms with Gasteiger partial charge in [-0.3, -0.25) is 9.59 Å². The fourth-order valence-electron chi connectivity index (χ4n) is 3.26. The highest BCUT2D eigenvalue weighted by Crippen LogP contribution is 2.14. The lowest BCUT2D eigenvalue weighted by Gasteiger charge is -2.26. The summed E-state index contributed by atoms with van der Waals surface area (Å²) in [7, 11) is 0. The van der Waals surface area contributed by atoms with E-state index in [0.717, 1.165) is 49.2 Å². The van der Waals surface area contributed by atoms with Crippen molar-refractivity contribution < 1.29 is 9.59 Å². The number of hydrogen-bond acceptors (Lipinski definition) is 2. The zero-order valence-corrected chi connectivity index (χ0v) is 15.1. The Morgan fingerprint density at radius 3 is 2.23 bits per heavy atom. The molecule has 1 N–H and O–H groups in total. The van der Waals surface area contributed by atoms with Gasteiger partial charge in [0.2, 0.25) is 11.8 Å². The van der Waals surface area contributed by atoms with Gasteiger partial charge in [-0.1, -0.05) is 42.5 Å². The molecule has 4 nitrogen and oxygen atoms in total. The highest BCUT2D eigenvalue weighted by atomic mass is 16.2. The van der Waals surface area contributed by atoms with Gasteiger partial charge in [-0.05, 0) is 48.9 Å². The minimum Gasteiger partial charge on any atom is -0.342 e. The summed E-state index contributed by atoms with van der Waals surface area (Å²) in [4.78, 5) is 26.4. The Morgan fingerprint density at radius 1 is 0.846 bits per heavy atom. The van der Waals surface area contributed by atoms with Gasteiger partial charge < -0.3 is 10.2 Å². The molecule has 26 heavy (non-hydrogen) atoms. The smallest absolute Gasteiger partial charge is 0.226 e. The van der Waals surface area contributed by atoms with Crippen molar-refractivity contribution in [2.24, 2.45) is 0 Å². The van der Waals surface area contributed by atoms with E-state index in [4.69, 9.17) is 0 Å². The number of nitrogens with zero attached hydrogens (tertiary/aromatic N) is 1. The molecule has 4 heteroatoms. The molecule has 1 aliphatic heterocycles. The Bertz CT molecular complexity index is 720. The van der Waals surface area contributed by atoms with Crippen LogP contribution < -0.4 is 5.32 Å². The molecule has 1 saturated heterocycles. The number of likely N-dealkylation sites (tertiary alicyclic amines) is 1. The second-order valence-corrected chi connectivity index (χ2v) is 6.85. The van der Waals surface area contributed by atoms with Crippen LogP contribution in [-0.4, -0.2) is 29.8 Å². The van der Waals surface area contributed by atoms with Crippen molar-refractivity contribution in [2.75, 3.05) is 18.4 Å². The van der Waals surface area contributed by atoms with Gasteiger partial charge in [0, 0.05) is 25.2 Å². The molecule has 2 aromatic carbocycles. The van der Waals surface area contributed by atoms with Gasteiger partial charge in [0.25, 0.3) is 0 Å². The summed E-state index contributed by atoms with van der Waals surface area (Å²) in [5.74, 6) is 0.204. The van der Waals surface area contributed by atoms with Crippen molar-refractivity contribution in [3.8, 4) is 0 Å². The topological polar surface area (TPSA) is 49.4 Å². The summed E-state index contributed by atoms with van der Waals surface area (Å²) >= 11 is 0. The molecule has 0 unspecified atom stereocenters. The molecule has 0 saturated carbocycles. The van der Waals surface area contributed by atoms with E-state index in [1.165, 1.54) is 6.42 Å². The van der Waals surface area contributed by atoms with Crippen molar-refractivity contribution in [2.45, 2.75) is 38.5 Å². The van der Waals surface area contributed by atoms with Crippen molar-refractivity contribution >= 4 is 17.5 Å². The molecular formula is C22H26N2O2. The van der Waals surface area contributed by atoms with Crippen LogP contribution in [0.3, 0.4) is 0 Å². The molecular weight excluding hydrogens is 324 g/mol. The van der Waals surface area contributed by atoms with E-state index in [2.05, 4.69) is 5.32 Å². The molecule has 1 heterocycles. The van der Waals surface area contributed by atoms with Crippen LogP contribution in [0.4, 0.5) is 5.69 Å². The summed E-state index contributed by atoms with van der Waals surface area (Å²) in [6, 6.07) is 17.6. The van der Waals surface area contributed by atoms with E-state index in [-0.39, 0.29) is 11.8 Å². The molecule has 0 atom stereocenters. The third-order valence-electron chi connectivity index (χ3n) is 4.79. The second-order valence-electron chi connectivity index (χ2n) is 6.85. The highest BCUT2D eigenvalue weighted by molar-refractivity contribution is 5.90. The first-order valence-electron chi connectivity index (χ1n) is 9.41. The van der Waals surface area contributed by atoms with E-state index in [1.54, 1.807) is 0 Å². The number of carbonyl (C=O) groups excluding carboxylic acids is 2. The molecule has 1 aliphatic rings. The van der Waals surface area contributed by atoms with Crippen LogP contribution in [0, 0.1) is 0 Å². The molecule has 0 aliphatic carbocycles. The number of benzene rings is 2. The Morgan fingerprint density at radius 2 is 1.54 bits per heavy atom. The molecule has 3 rings (SSSR count). The van der Waals surface area contributed by atoms with Crippen LogP contribution in [-0.2, 0) is 22.4 Å². The number of rotatable bonds is 6. The zero-order chi connectivity index (χ0) is 18.2. The van der Waals surface area contributed by atoms with E-state index in [9.17, 15) is 9.59 Å². The van der Waals surface area contributed by atoms with Gasteiger partial charge in [-0.25, -0.2) is 0 Å². The Balaban J connectivity index is 1.46. The molecule has 1 fully saturated rings.